The monoisotopic (exact) mass is 284 g/mol. The zero-order chi connectivity index (χ0) is 14.4. The number of ether oxygens (including phenoxy) is 1. The number of amides is 1. The summed E-state index contributed by atoms with van der Waals surface area (Å²) in [4.78, 5) is 14.8. The first-order chi connectivity index (χ1) is 10.3. The van der Waals surface area contributed by atoms with Crippen molar-refractivity contribution in [2.75, 3.05) is 12.4 Å². The number of rotatable bonds is 3. The number of carbonyl (C=O) groups is 1. The molecule has 1 aromatic carbocycles. The van der Waals surface area contributed by atoms with Crippen molar-refractivity contribution in [2.45, 2.75) is 25.0 Å². The zero-order valence-corrected chi connectivity index (χ0v) is 11.7. The normalized spacial score (nSPS) is 20.9. The number of fused-ring (bicyclic) bond motifs is 1. The maximum Gasteiger partial charge on any atom is 0.258 e. The third-order valence-electron chi connectivity index (χ3n) is 4.02. The number of hydrogen-bond acceptors (Lipinski definition) is 4. The maximum atomic E-state index is 12.9. The molecule has 1 saturated carbocycles. The van der Waals surface area contributed by atoms with Gasteiger partial charge < -0.3 is 15.0 Å². The van der Waals surface area contributed by atoms with Crippen molar-refractivity contribution in [2.24, 2.45) is 0 Å². The van der Waals surface area contributed by atoms with Crippen LogP contribution in [0.5, 0.6) is 5.75 Å². The summed E-state index contributed by atoms with van der Waals surface area (Å²) < 4.78 is 5.22. The van der Waals surface area contributed by atoms with Gasteiger partial charge in [0.05, 0.1) is 18.4 Å². The quantitative estimate of drug-likeness (QED) is 0.906. The number of nitrogens with zero attached hydrogens (tertiary/aromatic N) is 2. The number of aromatic amines is 1. The second kappa shape index (κ2) is 4.51. The minimum absolute atomic E-state index is 0.0461. The first-order valence-corrected chi connectivity index (χ1v) is 7.04. The Hall–Kier alpha value is -2.50. The van der Waals surface area contributed by atoms with Crippen LogP contribution < -0.4 is 10.1 Å². The molecule has 2 heterocycles. The Morgan fingerprint density at radius 1 is 1.33 bits per heavy atom. The van der Waals surface area contributed by atoms with Crippen LogP contribution in [0.15, 0.2) is 30.5 Å². The van der Waals surface area contributed by atoms with Crippen LogP contribution in [0.25, 0.3) is 0 Å². The minimum atomic E-state index is -0.187. The molecule has 1 aliphatic heterocycles. The van der Waals surface area contributed by atoms with Crippen LogP contribution in [0.1, 0.15) is 35.1 Å². The summed E-state index contributed by atoms with van der Waals surface area (Å²) in [5.41, 5.74) is 2.39. The molecule has 0 spiro atoms. The van der Waals surface area contributed by atoms with Crippen molar-refractivity contribution in [3.05, 3.63) is 41.7 Å². The SMILES string of the molecule is COc1ccc2c(c1)C(=O)N(C1CC1)[C@@H](c1ccn[nH]1)N2. The molecule has 4 rings (SSSR count). The molecule has 2 aromatic rings. The molecule has 2 N–H and O–H groups in total. The Balaban J connectivity index is 1.78. The van der Waals surface area contributed by atoms with Crippen LogP contribution in [0, 0.1) is 0 Å². The summed E-state index contributed by atoms with van der Waals surface area (Å²) >= 11 is 0. The molecule has 0 radical (unpaired) electrons. The highest BCUT2D eigenvalue weighted by atomic mass is 16.5. The van der Waals surface area contributed by atoms with Gasteiger partial charge >= 0.3 is 0 Å². The van der Waals surface area contributed by atoms with Crippen molar-refractivity contribution in [1.82, 2.24) is 15.1 Å². The van der Waals surface area contributed by atoms with Crippen molar-refractivity contribution in [3.8, 4) is 5.75 Å². The number of nitrogens with one attached hydrogen (secondary N) is 2. The molecule has 0 unspecified atom stereocenters. The molecule has 0 saturated heterocycles. The number of anilines is 1. The summed E-state index contributed by atoms with van der Waals surface area (Å²) in [6.07, 6.45) is 3.62. The van der Waals surface area contributed by atoms with Crippen LogP contribution >= 0.6 is 0 Å². The number of aromatic nitrogens is 2. The van der Waals surface area contributed by atoms with Gasteiger partial charge in [-0.3, -0.25) is 9.89 Å². The van der Waals surface area contributed by atoms with Gasteiger partial charge in [-0.05, 0) is 37.1 Å². The Bertz CT molecular complexity index is 679. The highest BCUT2D eigenvalue weighted by molar-refractivity contribution is 6.02. The van der Waals surface area contributed by atoms with Gasteiger partial charge in [-0.1, -0.05) is 0 Å². The van der Waals surface area contributed by atoms with E-state index >= 15 is 0 Å². The molecule has 6 nitrogen and oxygen atoms in total. The molecule has 2 aliphatic rings. The molecular formula is C15H16N4O2. The van der Waals surface area contributed by atoms with Gasteiger partial charge in [-0.2, -0.15) is 5.10 Å². The lowest BCUT2D eigenvalue weighted by molar-refractivity contribution is 0.0662. The fourth-order valence-corrected chi connectivity index (χ4v) is 2.80. The van der Waals surface area contributed by atoms with E-state index in [9.17, 15) is 4.79 Å². The largest absolute Gasteiger partial charge is 0.497 e. The smallest absolute Gasteiger partial charge is 0.258 e. The molecule has 21 heavy (non-hydrogen) atoms. The molecule has 1 aromatic heterocycles. The number of methoxy groups -OCH3 is 1. The maximum absolute atomic E-state index is 12.9. The third kappa shape index (κ3) is 1.94. The summed E-state index contributed by atoms with van der Waals surface area (Å²) in [5, 5.41) is 10.4. The number of hydrogen-bond donors (Lipinski definition) is 2. The van der Waals surface area contributed by atoms with E-state index in [4.69, 9.17) is 4.74 Å². The lowest BCUT2D eigenvalue weighted by Gasteiger charge is -2.37. The summed E-state index contributed by atoms with van der Waals surface area (Å²) in [7, 11) is 1.61. The third-order valence-corrected chi connectivity index (χ3v) is 4.02. The lowest BCUT2D eigenvalue weighted by Crippen LogP contribution is -2.44. The van der Waals surface area contributed by atoms with Crippen LogP contribution in [-0.4, -0.2) is 34.2 Å². The topological polar surface area (TPSA) is 70.2 Å². The predicted octanol–water partition coefficient (Wildman–Crippen LogP) is 2.15. The van der Waals surface area contributed by atoms with Crippen molar-refractivity contribution < 1.29 is 9.53 Å². The predicted molar refractivity (Wildman–Crippen MR) is 77.1 cm³/mol. The average molecular weight is 284 g/mol. The second-order valence-corrected chi connectivity index (χ2v) is 5.41. The fraction of sp³-hybridized carbons (Fsp3) is 0.333. The molecule has 0 bridgehead atoms. The molecular weight excluding hydrogens is 268 g/mol. The van der Waals surface area contributed by atoms with Crippen LogP contribution in [0.3, 0.4) is 0 Å². The van der Waals surface area contributed by atoms with Crippen LogP contribution in [0.4, 0.5) is 5.69 Å². The van der Waals surface area contributed by atoms with E-state index in [-0.39, 0.29) is 12.1 Å². The Kier molecular flexibility index (Phi) is 2.63. The summed E-state index contributed by atoms with van der Waals surface area (Å²) in [6, 6.07) is 7.74. The van der Waals surface area contributed by atoms with Gasteiger partial charge in [0.1, 0.15) is 11.9 Å². The molecule has 1 aliphatic carbocycles. The molecule has 1 atom stereocenters. The van der Waals surface area contributed by atoms with E-state index in [0.29, 0.717) is 17.4 Å². The van der Waals surface area contributed by atoms with Gasteiger partial charge in [0, 0.05) is 17.9 Å². The number of carbonyl (C=O) groups excluding carboxylic acids is 1. The minimum Gasteiger partial charge on any atom is -0.497 e. The summed E-state index contributed by atoms with van der Waals surface area (Å²) in [6.45, 7) is 0. The van der Waals surface area contributed by atoms with Crippen molar-refractivity contribution in [1.29, 1.82) is 0 Å². The number of H-pyrrole nitrogens is 1. The Morgan fingerprint density at radius 3 is 2.86 bits per heavy atom. The molecule has 1 amide bonds. The van der Waals surface area contributed by atoms with E-state index in [1.807, 2.05) is 23.1 Å². The van der Waals surface area contributed by atoms with Crippen LogP contribution in [0.2, 0.25) is 0 Å². The first-order valence-electron chi connectivity index (χ1n) is 7.04. The Morgan fingerprint density at radius 2 is 2.19 bits per heavy atom. The van der Waals surface area contributed by atoms with Gasteiger partial charge in [0.2, 0.25) is 0 Å². The highest BCUT2D eigenvalue weighted by Crippen LogP contribution is 2.41. The highest BCUT2D eigenvalue weighted by Gasteiger charge is 2.42. The summed E-state index contributed by atoms with van der Waals surface area (Å²) in [5.74, 6) is 0.740. The van der Waals surface area contributed by atoms with E-state index in [1.54, 1.807) is 19.4 Å². The number of benzene rings is 1. The van der Waals surface area contributed by atoms with Crippen molar-refractivity contribution in [3.63, 3.8) is 0 Å². The molecule has 108 valence electrons. The fourth-order valence-electron chi connectivity index (χ4n) is 2.80. The van der Waals surface area contributed by atoms with Gasteiger partial charge in [-0.15, -0.1) is 0 Å². The average Bonchev–Trinajstić information content (AvgIpc) is 3.20. The van der Waals surface area contributed by atoms with Gasteiger partial charge in [-0.25, -0.2) is 0 Å². The zero-order valence-electron chi connectivity index (χ0n) is 11.7. The second-order valence-electron chi connectivity index (χ2n) is 5.41. The van der Waals surface area contributed by atoms with E-state index < -0.39 is 0 Å². The lowest BCUT2D eigenvalue weighted by atomic mass is 10.1. The van der Waals surface area contributed by atoms with Crippen LogP contribution in [-0.2, 0) is 0 Å². The van der Waals surface area contributed by atoms with Gasteiger partial charge in [0.25, 0.3) is 5.91 Å². The standard InChI is InChI=1S/C15H16N4O2/c1-21-10-4-5-12-11(8-10)15(20)19(9-2-3-9)14(17-12)13-6-7-16-18-13/h4-9,14,17H,2-3H2,1H3,(H,16,18)/t14-/m0/s1. The molecule has 6 heteroatoms. The Labute approximate surface area is 122 Å². The van der Waals surface area contributed by atoms with Crippen molar-refractivity contribution >= 4 is 11.6 Å². The van der Waals surface area contributed by atoms with E-state index in [1.165, 1.54) is 0 Å². The van der Waals surface area contributed by atoms with E-state index in [2.05, 4.69) is 15.5 Å². The molecule has 1 fully saturated rings. The van der Waals surface area contributed by atoms with E-state index in [0.717, 1.165) is 24.2 Å². The first kappa shape index (κ1) is 12.3. The van der Waals surface area contributed by atoms with Gasteiger partial charge in [0.15, 0.2) is 0 Å².